The molecule has 1 amide bonds. The summed E-state index contributed by atoms with van der Waals surface area (Å²) in [4.78, 5) is 17.8. The Labute approximate surface area is 140 Å². The van der Waals surface area contributed by atoms with Crippen molar-refractivity contribution < 1.29 is 19.2 Å². The highest BCUT2D eigenvalue weighted by atomic mass is 16.5. The molecule has 0 radical (unpaired) electrons. The van der Waals surface area contributed by atoms with Crippen LogP contribution in [0.25, 0.3) is 0 Å². The molecular formula is C17H21N3O4. The second-order valence-electron chi connectivity index (χ2n) is 5.95. The van der Waals surface area contributed by atoms with Crippen molar-refractivity contribution in [2.24, 2.45) is 0 Å². The Morgan fingerprint density at radius 2 is 2.17 bits per heavy atom. The van der Waals surface area contributed by atoms with E-state index in [2.05, 4.69) is 10.1 Å². The van der Waals surface area contributed by atoms with Gasteiger partial charge < -0.3 is 19.3 Å². The number of ether oxygens (including phenoxy) is 1. The SMILES string of the molecule is Cc1noc(COC2CN(C(=O)C(O)CCc3ccccc3)C2)n1. The number of aryl methyl sites for hydroxylation is 2. The highest BCUT2D eigenvalue weighted by Crippen LogP contribution is 2.16. The first-order valence-corrected chi connectivity index (χ1v) is 8.03. The van der Waals surface area contributed by atoms with Crippen LogP contribution in [-0.4, -0.2) is 51.4 Å². The molecule has 24 heavy (non-hydrogen) atoms. The van der Waals surface area contributed by atoms with E-state index in [9.17, 15) is 9.90 Å². The zero-order valence-corrected chi connectivity index (χ0v) is 13.6. The molecule has 1 unspecified atom stereocenters. The normalized spacial score (nSPS) is 16.0. The third kappa shape index (κ3) is 4.18. The summed E-state index contributed by atoms with van der Waals surface area (Å²) in [5.74, 6) is 0.764. The first-order chi connectivity index (χ1) is 11.6. The number of aliphatic hydroxyl groups is 1. The maximum atomic E-state index is 12.1. The smallest absolute Gasteiger partial charge is 0.252 e. The zero-order valence-electron chi connectivity index (χ0n) is 13.6. The third-order valence-corrected chi connectivity index (χ3v) is 4.01. The summed E-state index contributed by atoms with van der Waals surface area (Å²) in [5, 5.41) is 13.7. The lowest BCUT2D eigenvalue weighted by molar-refractivity contribution is -0.155. The van der Waals surface area contributed by atoms with Gasteiger partial charge in [0.05, 0.1) is 6.10 Å². The maximum absolute atomic E-state index is 12.1. The highest BCUT2D eigenvalue weighted by Gasteiger charge is 2.34. The Balaban J connectivity index is 1.36. The maximum Gasteiger partial charge on any atom is 0.252 e. The summed E-state index contributed by atoms with van der Waals surface area (Å²) in [6, 6.07) is 9.83. The Bertz CT molecular complexity index is 667. The number of carbonyl (C=O) groups is 1. The fourth-order valence-corrected chi connectivity index (χ4v) is 2.59. The molecule has 3 rings (SSSR count). The Kier molecular flexibility index (Phi) is 5.22. The van der Waals surface area contributed by atoms with Crippen LogP contribution in [0.5, 0.6) is 0 Å². The van der Waals surface area contributed by atoms with E-state index >= 15 is 0 Å². The number of carbonyl (C=O) groups excluding carboxylic acids is 1. The van der Waals surface area contributed by atoms with Gasteiger partial charge in [-0.15, -0.1) is 0 Å². The van der Waals surface area contributed by atoms with Crippen LogP contribution in [0, 0.1) is 6.92 Å². The molecule has 2 heterocycles. The van der Waals surface area contributed by atoms with E-state index in [1.54, 1.807) is 11.8 Å². The first-order valence-electron chi connectivity index (χ1n) is 8.03. The van der Waals surface area contributed by atoms with Gasteiger partial charge in [0.1, 0.15) is 12.7 Å². The van der Waals surface area contributed by atoms with Gasteiger partial charge in [0.2, 0.25) is 0 Å². The molecular weight excluding hydrogens is 310 g/mol. The lowest BCUT2D eigenvalue weighted by Gasteiger charge is -2.39. The van der Waals surface area contributed by atoms with Crippen LogP contribution in [0.2, 0.25) is 0 Å². The monoisotopic (exact) mass is 331 g/mol. The largest absolute Gasteiger partial charge is 0.383 e. The summed E-state index contributed by atoms with van der Waals surface area (Å²) in [5.41, 5.74) is 1.11. The quantitative estimate of drug-likeness (QED) is 0.817. The van der Waals surface area contributed by atoms with E-state index < -0.39 is 6.10 Å². The minimum absolute atomic E-state index is 0.0533. The topological polar surface area (TPSA) is 88.7 Å². The van der Waals surface area contributed by atoms with Crippen molar-refractivity contribution >= 4 is 5.91 Å². The van der Waals surface area contributed by atoms with Crippen LogP contribution in [0.15, 0.2) is 34.9 Å². The second kappa shape index (κ2) is 7.55. The van der Waals surface area contributed by atoms with Gasteiger partial charge in [-0.25, -0.2) is 0 Å². The molecule has 7 heteroatoms. The van der Waals surface area contributed by atoms with Crippen molar-refractivity contribution in [3.05, 3.63) is 47.6 Å². The number of amides is 1. The van der Waals surface area contributed by atoms with E-state index in [0.717, 1.165) is 5.56 Å². The summed E-state index contributed by atoms with van der Waals surface area (Å²) in [7, 11) is 0. The van der Waals surface area contributed by atoms with Gasteiger partial charge in [-0.05, 0) is 25.3 Å². The predicted octanol–water partition coefficient (Wildman–Crippen LogP) is 1.10. The number of likely N-dealkylation sites (tertiary alicyclic amines) is 1. The van der Waals surface area contributed by atoms with Gasteiger partial charge >= 0.3 is 0 Å². The number of nitrogens with zero attached hydrogens (tertiary/aromatic N) is 3. The van der Waals surface area contributed by atoms with Crippen LogP contribution in [-0.2, 0) is 22.6 Å². The van der Waals surface area contributed by atoms with E-state index in [-0.39, 0.29) is 18.6 Å². The predicted molar refractivity (Wildman–Crippen MR) is 85.0 cm³/mol. The van der Waals surface area contributed by atoms with Crippen molar-refractivity contribution in [2.75, 3.05) is 13.1 Å². The first kappa shape index (κ1) is 16.6. The Morgan fingerprint density at radius 3 is 2.83 bits per heavy atom. The van der Waals surface area contributed by atoms with E-state index in [1.165, 1.54) is 0 Å². The highest BCUT2D eigenvalue weighted by molar-refractivity contribution is 5.81. The van der Waals surface area contributed by atoms with Crippen LogP contribution in [0.1, 0.15) is 23.7 Å². The van der Waals surface area contributed by atoms with Crippen LogP contribution < -0.4 is 0 Å². The fraction of sp³-hybridized carbons (Fsp3) is 0.471. The zero-order chi connectivity index (χ0) is 16.9. The molecule has 7 nitrogen and oxygen atoms in total. The summed E-state index contributed by atoms with van der Waals surface area (Å²) < 4.78 is 10.6. The van der Waals surface area contributed by atoms with Crippen molar-refractivity contribution in [3.8, 4) is 0 Å². The van der Waals surface area contributed by atoms with Gasteiger partial charge in [-0.2, -0.15) is 4.98 Å². The van der Waals surface area contributed by atoms with Crippen molar-refractivity contribution in [3.63, 3.8) is 0 Å². The van der Waals surface area contributed by atoms with E-state index in [4.69, 9.17) is 9.26 Å². The average Bonchev–Trinajstić information content (AvgIpc) is 2.97. The minimum Gasteiger partial charge on any atom is -0.383 e. The molecule has 1 aliphatic rings. The summed E-state index contributed by atoms with van der Waals surface area (Å²) >= 11 is 0. The minimum atomic E-state index is -0.968. The number of hydrogen-bond donors (Lipinski definition) is 1. The van der Waals surface area contributed by atoms with Crippen molar-refractivity contribution in [1.29, 1.82) is 0 Å². The molecule has 0 bridgehead atoms. The Hall–Kier alpha value is -2.25. The van der Waals surface area contributed by atoms with Crippen molar-refractivity contribution in [1.82, 2.24) is 15.0 Å². The number of hydrogen-bond acceptors (Lipinski definition) is 6. The van der Waals surface area contributed by atoms with Gasteiger partial charge in [-0.3, -0.25) is 4.79 Å². The molecule has 1 fully saturated rings. The van der Waals surface area contributed by atoms with Gasteiger partial charge in [-0.1, -0.05) is 35.5 Å². The lowest BCUT2D eigenvalue weighted by Crippen LogP contribution is -2.57. The molecule has 1 aliphatic heterocycles. The van der Waals surface area contributed by atoms with Gasteiger partial charge in [0.15, 0.2) is 5.82 Å². The van der Waals surface area contributed by atoms with E-state index in [0.29, 0.717) is 37.6 Å². The number of aliphatic hydroxyl groups excluding tert-OH is 1. The molecule has 0 saturated carbocycles. The number of rotatable bonds is 7. The molecule has 128 valence electrons. The van der Waals surface area contributed by atoms with Gasteiger partial charge in [0.25, 0.3) is 11.8 Å². The average molecular weight is 331 g/mol. The molecule has 2 aromatic rings. The van der Waals surface area contributed by atoms with Gasteiger partial charge in [0, 0.05) is 13.1 Å². The van der Waals surface area contributed by atoms with Crippen LogP contribution in [0.4, 0.5) is 0 Å². The third-order valence-electron chi connectivity index (χ3n) is 4.01. The van der Waals surface area contributed by atoms with Crippen LogP contribution in [0.3, 0.4) is 0 Å². The molecule has 1 aromatic carbocycles. The van der Waals surface area contributed by atoms with Crippen LogP contribution >= 0.6 is 0 Å². The number of benzene rings is 1. The fourth-order valence-electron chi connectivity index (χ4n) is 2.59. The van der Waals surface area contributed by atoms with E-state index in [1.807, 2.05) is 30.3 Å². The molecule has 1 aromatic heterocycles. The molecule has 0 aliphatic carbocycles. The lowest BCUT2D eigenvalue weighted by atomic mass is 10.0. The Morgan fingerprint density at radius 1 is 1.42 bits per heavy atom. The number of aromatic nitrogens is 2. The summed E-state index contributed by atoms with van der Waals surface area (Å²) in [6.07, 6.45) is 0.0803. The summed E-state index contributed by atoms with van der Waals surface area (Å²) in [6.45, 7) is 2.94. The molecule has 1 N–H and O–H groups in total. The molecule has 1 saturated heterocycles. The standard InChI is InChI=1S/C17H21N3O4/c1-12-18-16(24-19-12)11-23-14-9-20(10-14)17(22)15(21)8-7-13-5-3-2-4-6-13/h2-6,14-15,21H,7-11H2,1H3. The van der Waals surface area contributed by atoms with Crippen molar-refractivity contribution in [2.45, 2.75) is 38.6 Å². The molecule has 0 spiro atoms. The molecule has 1 atom stereocenters. The second-order valence-corrected chi connectivity index (χ2v) is 5.95.